The Morgan fingerprint density at radius 3 is 2.82 bits per heavy atom. The van der Waals surface area contributed by atoms with Crippen LogP contribution >= 0.6 is 0 Å². The van der Waals surface area contributed by atoms with Crippen molar-refractivity contribution in [3.05, 3.63) is 29.8 Å². The number of carbonyl (C=O) groups excluding carboxylic acids is 1. The van der Waals surface area contributed by atoms with Gasteiger partial charge in [-0.3, -0.25) is 4.79 Å². The lowest BCUT2D eigenvalue weighted by molar-refractivity contribution is -0.122. The summed E-state index contributed by atoms with van der Waals surface area (Å²) in [7, 11) is 0. The van der Waals surface area contributed by atoms with E-state index in [1.54, 1.807) is 0 Å². The largest absolute Gasteiger partial charge is 0.493 e. The first-order chi connectivity index (χ1) is 10.4. The number of para-hydroxylation sites is 1. The maximum atomic E-state index is 12.3. The molecule has 4 heteroatoms. The number of hydrogen-bond acceptors (Lipinski definition) is 3. The molecule has 1 aliphatic rings. The highest BCUT2D eigenvalue weighted by atomic mass is 16.5. The second-order valence-electron chi connectivity index (χ2n) is 7.29. The molecule has 0 fully saturated rings. The fourth-order valence-electron chi connectivity index (χ4n) is 3.04. The van der Waals surface area contributed by atoms with Crippen LogP contribution in [0.1, 0.15) is 51.5 Å². The second-order valence-corrected chi connectivity index (χ2v) is 7.29. The lowest BCUT2D eigenvalue weighted by atomic mass is 9.87. The van der Waals surface area contributed by atoms with Gasteiger partial charge in [0.05, 0.1) is 19.3 Å². The van der Waals surface area contributed by atoms with Crippen molar-refractivity contribution >= 4 is 5.91 Å². The van der Waals surface area contributed by atoms with Crippen LogP contribution in [0.25, 0.3) is 0 Å². The van der Waals surface area contributed by atoms with E-state index in [1.165, 1.54) is 0 Å². The lowest BCUT2D eigenvalue weighted by Crippen LogP contribution is -2.40. The van der Waals surface area contributed by atoms with Gasteiger partial charge < -0.3 is 15.2 Å². The average molecular weight is 305 g/mol. The number of ether oxygens (including phenoxy) is 1. The first kappa shape index (κ1) is 16.8. The summed E-state index contributed by atoms with van der Waals surface area (Å²) in [5.41, 5.74) is 1.19. The van der Waals surface area contributed by atoms with Crippen LogP contribution < -0.4 is 10.1 Å². The molecule has 0 bridgehead atoms. The molecule has 0 spiro atoms. The minimum absolute atomic E-state index is 0.00463. The molecule has 1 heterocycles. The third kappa shape index (κ3) is 4.73. The number of aliphatic hydroxyl groups is 1. The van der Waals surface area contributed by atoms with Gasteiger partial charge in [0.2, 0.25) is 5.91 Å². The Balaban J connectivity index is 1.95. The molecule has 0 aliphatic carbocycles. The first-order valence-corrected chi connectivity index (χ1v) is 8.01. The molecule has 1 aromatic carbocycles. The molecule has 2 N–H and O–H groups in total. The third-order valence-corrected chi connectivity index (χ3v) is 3.96. The van der Waals surface area contributed by atoms with Gasteiger partial charge in [-0.1, -0.05) is 39.0 Å². The van der Waals surface area contributed by atoms with E-state index in [0.717, 1.165) is 24.2 Å². The zero-order valence-electron chi connectivity index (χ0n) is 13.8. The zero-order valence-corrected chi connectivity index (χ0v) is 13.8. The van der Waals surface area contributed by atoms with Crippen LogP contribution in [0.2, 0.25) is 0 Å². The molecule has 0 radical (unpaired) electrons. The normalized spacial score (nSPS) is 19.0. The molecule has 4 nitrogen and oxygen atoms in total. The van der Waals surface area contributed by atoms with E-state index < -0.39 is 0 Å². The summed E-state index contributed by atoms with van der Waals surface area (Å²) in [5, 5.41) is 12.4. The molecule has 1 aromatic rings. The van der Waals surface area contributed by atoms with Crippen molar-refractivity contribution in [2.24, 2.45) is 5.41 Å². The minimum Gasteiger partial charge on any atom is -0.493 e. The molecule has 22 heavy (non-hydrogen) atoms. The molecule has 2 rings (SSSR count). The fraction of sp³-hybridized carbons (Fsp3) is 0.611. The first-order valence-electron chi connectivity index (χ1n) is 8.01. The van der Waals surface area contributed by atoms with Crippen molar-refractivity contribution in [3.63, 3.8) is 0 Å². The SMILES string of the molecule is CC(C)(C)CC(CO)NC(=O)CC1CCOc2ccccc21. The Hall–Kier alpha value is -1.55. The average Bonchev–Trinajstić information content (AvgIpc) is 2.45. The highest BCUT2D eigenvalue weighted by Crippen LogP contribution is 2.35. The van der Waals surface area contributed by atoms with Crippen LogP contribution in [-0.2, 0) is 4.79 Å². The minimum atomic E-state index is -0.178. The van der Waals surface area contributed by atoms with Crippen molar-refractivity contribution in [1.29, 1.82) is 0 Å². The number of amides is 1. The third-order valence-electron chi connectivity index (χ3n) is 3.96. The fourth-order valence-corrected chi connectivity index (χ4v) is 3.04. The highest BCUT2D eigenvalue weighted by Gasteiger charge is 2.25. The van der Waals surface area contributed by atoms with E-state index in [9.17, 15) is 9.90 Å². The van der Waals surface area contributed by atoms with Gasteiger partial charge in [0.1, 0.15) is 5.75 Å². The molecule has 122 valence electrons. The van der Waals surface area contributed by atoms with Crippen LogP contribution in [0.5, 0.6) is 5.75 Å². The number of rotatable bonds is 5. The summed E-state index contributed by atoms with van der Waals surface area (Å²) in [4.78, 5) is 12.3. The Labute approximate surface area is 132 Å². The number of fused-ring (bicyclic) bond motifs is 1. The number of aliphatic hydroxyl groups excluding tert-OH is 1. The number of nitrogens with one attached hydrogen (secondary N) is 1. The van der Waals surface area contributed by atoms with Crippen LogP contribution in [0.15, 0.2) is 24.3 Å². The van der Waals surface area contributed by atoms with Crippen molar-refractivity contribution in [2.75, 3.05) is 13.2 Å². The van der Waals surface area contributed by atoms with Crippen molar-refractivity contribution < 1.29 is 14.6 Å². The van der Waals surface area contributed by atoms with Crippen molar-refractivity contribution in [2.45, 2.75) is 52.0 Å². The maximum absolute atomic E-state index is 12.3. The second kappa shape index (κ2) is 7.14. The van der Waals surface area contributed by atoms with Gasteiger partial charge in [-0.15, -0.1) is 0 Å². The molecule has 0 saturated carbocycles. The summed E-state index contributed by atoms with van der Waals surface area (Å²) in [6.07, 6.45) is 2.06. The Kier molecular flexibility index (Phi) is 5.46. The predicted molar refractivity (Wildman–Crippen MR) is 87.0 cm³/mol. The van der Waals surface area contributed by atoms with Gasteiger partial charge in [0.25, 0.3) is 0 Å². The number of hydrogen-bond donors (Lipinski definition) is 2. The van der Waals surface area contributed by atoms with Gasteiger partial charge >= 0.3 is 0 Å². The molecular weight excluding hydrogens is 278 g/mol. The Morgan fingerprint density at radius 1 is 1.41 bits per heavy atom. The standard InChI is InChI=1S/C18H27NO3/c1-18(2,3)11-14(12-20)19-17(21)10-13-8-9-22-16-7-5-4-6-15(13)16/h4-7,13-14,20H,8-12H2,1-3H3,(H,19,21). The summed E-state index contributed by atoms with van der Waals surface area (Å²) < 4.78 is 5.63. The van der Waals surface area contributed by atoms with E-state index in [-0.39, 0.29) is 29.9 Å². The quantitative estimate of drug-likeness (QED) is 0.879. The van der Waals surface area contributed by atoms with Gasteiger partial charge in [-0.25, -0.2) is 0 Å². The van der Waals surface area contributed by atoms with E-state index in [4.69, 9.17) is 4.74 Å². The molecular formula is C18H27NO3. The van der Waals surface area contributed by atoms with Crippen molar-refractivity contribution in [1.82, 2.24) is 5.32 Å². The van der Waals surface area contributed by atoms with Gasteiger partial charge in [-0.05, 0) is 35.8 Å². The smallest absolute Gasteiger partial charge is 0.220 e. The van der Waals surface area contributed by atoms with E-state index in [0.29, 0.717) is 13.0 Å². The molecule has 1 amide bonds. The van der Waals surface area contributed by atoms with Crippen LogP contribution in [-0.4, -0.2) is 30.3 Å². The monoisotopic (exact) mass is 305 g/mol. The van der Waals surface area contributed by atoms with Crippen LogP contribution in [0.4, 0.5) is 0 Å². The van der Waals surface area contributed by atoms with Crippen LogP contribution in [0, 0.1) is 5.41 Å². The highest BCUT2D eigenvalue weighted by molar-refractivity contribution is 5.77. The summed E-state index contributed by atoms with van der Waals surface area (Å²) >= 11 is 0. The molecule has 1 aliphatic heterocycles. The summed E-state index contributed by atoms with van der Waals surface area (Å²) in [5.74, 6) is 1.09. The summed E-state index contributed by atoms with van der Waals surface area (Å²) in [6, 6.07) is 7.74. The van der Waals surface area contributed by atoms with Gasteiger partial charge in [0.15, 0.2) is 0 Å². The molecule has 2 unspecified atom stereocenters. The van der Waals surface area contributed by atoms with Crippen molar-refractivity contribution in [3.8, 4) is 5.75 Å². The van der Waals surface area contributed by atoms with Gasteiger partial charge in [-0.2, -0.15) is 0 Å². The van der Waals surface area contributed by atoms with Gasteiger partial charge in [0, 0.05) is 6.42 Å². The maximum Gasteiger partial charge on any atom is 0.220 e. The molecule has 2 atom stereocenters. The topological polar surface area (TPSA) is 58.6 Å². The van der Waals surface area contributed by atoms with E-state index in [1.807, 2.05) is 24.3 Å². The Morgan fingerprint density at radius 2 is 2.14 bits per heavy atom. The number of carbonyl (C=O) groups is 1. The van der Waals surface area contributed by atoms with Crippen LogP contribution in [0.3, 0.4) is 0 Å². The summed E-state index contributed by atoms with van der Waals surface area (Å²) in [6.45, 7) is 6.96. The zero-order chi connectivity index (χ0) is 16.2. The Bertz CT molecular complexity index is 507. The molecule has 0 aromatic heterocycles. The van der Waals surface area contributed by atoms with E-state index in [2.05, 4.69) is 26.1 Å². The lowest BCUT2D eigenvalue weighted by Gasteiger charge is -2.28. The van der Waals surface area contributed by atoms with E-state index >= 15 is 0 Å². The molecule has 0 saturated heterocycles. The number of benzene rings is 1. The predicted octanol–water partition coefficient (Wildman–Crippen LogP) is 2.86.